The third-order valence-electron chi connectivity index (χ3n) is 4.44. The number of likely N-dealkylation sites (N-methyl/N-ethyl adjacent to an activating group) is 1. The Morgan fingerprint density at radius 2 is 2.18 bits per heavy atom. The maximum atomic E-state index is 11.9. The second-order valence-corrected chi connectivity index (χ2v) is 6.72. The average molecular weight is 501 g/mol. The molecular weight excluding hydrogens is 473 g/mol. The molecule has 0 saturated carbocycles. The minimum absolute atomic E-state index is 0. The van der Waals surface area contributed by atoms with Crippen LogP contribution in [0.25, 0.3) is 5.65 Å². The lowest BCUT2D eigenvalue weighted by Crippen LogP contribution is -2.45. The Morgan fingerprint density at radius 1 is 1.32 bits per heavy atom. The number of hydrogen-bond donors (Lipinski definition) is 2. The summed E-state index contributed by atoms with van der Waals surface area (Å²) in [6, 6.07) is 5.74. The molecule has 10 heteroatoms. The number of hydrogen-bond acceptors (Lipinski definition) is 5. The van der Waals surface area contributed by atoms with Crippen LogP contribution in [0.15, 0.2) is 29.4 Å². The van der Waals surface area contributed by atoms with Crippen LogP contribution < -0.4 is 10.6 Å². The van der Waals surface area contributed by atoms with Crippen molar-refractivity contribution >= 4 is 41.5 Å². The molecule has 0 spiro atoms. The zero-order valence-electron chi connectivity index (χ0n) is 16.3. The lowest BCUT2D eigenvalue weighted by atomic mass is 10.1. The maximum Gasteiger partial charge on any atom is 0.241 e. The van der Waals surface area contributed by atoms with Crippen LogP contribution >= 0.6 is 24.0 Å². The van der Waals surface area contributed by atoms with Gasteiger partial charge in [-0.1, -0.05) is 6.07 Å². The van der Waals surface area contributed by atoms with Crippen LogP contribution in [0.3, 0.4) is 0 Å². The number of carbonyl (C=O) groups excluding carboxylic acids is 1. The van der Waals surface area contributed by atoms with Crippen LogP contribution in [0.5, 0.6) is 0 Å². The number of guanidine groups is 1. The lowest BCUT2D eigenvalue weighted by Gasteiger charge is -2.24. The van der Waals surface area contributed by atoms with Crippen molar-refractivity contribution in [2.24, 2.45) is 4.99 Å². The van der Waals surface area contributed by atoms with E-state index in [1.165, 1.54) is 6.42 Å². The van der Waals surface area contributed by atoms with Gasteiger partial charge in [0.05, 0.1) is 12.6 Å². The fourth-order valence-electron chi connectivity index (χ4n) is 2.82. The number of nitrogens with one attached hydrogen (secondary N) is 2. The third-order valence-corrected chi connectivity index (χ3v) is 4.44. The van der Waals surface area contributed by atoms with Crippen LogP contribution in [0.2, 0.25) is 0 Å². The molecule has 2 aromatic rings. The Hall–Kier alpha value is -1.95. The zero-order valence-corrected chi connectivity index (χ0v) is 18.6. The van der Waals surface area contributed by atoms with Crippen LogP contribution in [-0.2, 0) is 16.1 Å². The normalized spacial score (nSPS) is 17.1. The molecule has 2 N–H and O–H groups in total. The third kappa shape index (κ3) is 6.30. The molecule has 1 aliphatic rings. The first-order chi connectivity index (χ1) is 13.1. The van der Waals surface area contributed by atoms with Crippen molar-refractivity contribution < 1.29 is 9.53 Å². The van der Waals surface area contributed by atoms with Crippen LogP contribution in [0.1, 0.15) is 25.1 Å². The monoisotopic (exact) mass is 501 g/mol. The molecule has 2 aromatic heterocycles. The molecule has 0 radical (unpaired) electrons. The molecule has 1 amide bonds. The molecule has 0 aromatic carbocycles. The molecule has 154 valence electrons. The summed E-state index contributed by atoms with van der Waals surface area (Å²) in [6.07, 6.45) is 5.41. The van der Waals surface area contributed by atoms with E-state index in [4.69, 9.17) is 4.74 Å². The highest BCUT2D eigenvalue weighted by Crippen LogP contribution is 2.11. The molecular formula is C18H28IN7O2. The number of carbonyl (C=O) groups is 1. The molecule has 0 aliphatic carbocycles. The SMILES string of the molecule is CN(C)C(=O)CNC(=NCc1nnc2ccccn12)NCC1CCCCO1.I. The Kier molecular flexibility index (Phi) is 8.90. The zero-order chi connectivity index (χ0) is 19.1. The standard InChI is InChI=1S/C18H27N7O2.HI/c1-24(2)17(26)13-21-18(19-11-14-7-4-6-10-27-14)20-12-16-23-22-15-8-3-5-9-25(15)16;/h3,5,8-9,14H,4,6-7,10-13H2,1-2H3,(H2,19,20,21);1H. The number of ether oxygens (including phenoxy) is 1. The van der Waals surface area contributed by atoms with E-state index in [0.29, 0.717) is 19.0 Å². The van der Waals surface area contributed by atoms with Gasteiger partial charge in [-0.25, -0.2) is 4.99 Å². The van der Waals surface area contributed by atoms with Crippen molar-refractivity contribution in [2.45, 2.75) is 31.9 Å². The van der Waals surface area contributed by atoms with E-state index < -0.39 is 0 Å². The van der Waals surface area contributed by atoms with Gasteiger partial charge in [-0.15, -0.1) is 34.2 Å². The number of aromatic nitrogens is 3. The first-order valence-corrected chi connectivity index (χ1v) is 9.26. The van der Waals surface area contributed by atoms with Gasteiger partial charge in [0.1, 0.15) is 6.54 Å². The van der Waals surface area contributed by atoms with Crippen molar-refractivity contribution in [1.29, 1.82) is 0 Å². The fourth-order valence-corrected chi connectivity index (χ4v) is 2.82. The van der Waals surface area contributed by atoms with Crippen LogP contribution in [0.4, 0.5) is 0 Å². The highest BCUT2D eigenvalue weighted by molar-refractivity contribution is 14.0. The van der Waals surface area contributed by atoms with Crippen LogP contribution in [0, 0.1) is 0 Å². The molecule has 0 bridgehead atoms. The van der Waals surface area contributed by atoms with Gasteiger partial charge < -0.3 is 20.3 Å². The number of rotatable bonds is 6. The number of fused-ring (bicyclic) bond motifs is 1. The van der Waals surface area contributed by atoms with Gasteiger partial charge in [-0.05, 0) is 31.4 Å². The summed E-state index contributed by atoms with van der Waals surface area (Å²) < 4.78 is 7.65. The highest BCUT2D eigenvalue weighted by Gasteiger charge is 2.15. The summed E-state index contributed by atoms with van der Waals surface area (Å²) in [5, 5.41) is 14.7. The van der Waals surface area contributed by atoms with Crippen LogP contribution in [-0.4, -0.2) is 71.3 Å². The van der Waals surface area contributed by atoms with Gasteiger partial charge in [0.2, 0.25) is 5.91 Å². The molecule has 1 fully saturated rings. The predicted octanol–water partition coefficient (Wildman–Crippen LogP) is 1.04. The second kappa shape index (κ2) is 11.1. The topological polar surface area (TPSA) is 96.2 Å². The lowest BCUT2D eigenvalue weighted by molar-refractivity contribution is -0.127. The number of aliphatic imine (C=N–C) groups is 1. The minimum atomic E-state index is -0.0219. The summed E-state index contributed by atoms with van der Waals surface area (Å²) >= 11 is 0. The Morgan fingerprint density at radius 3 is 2.93 bits per heavy atom. The average Bonchev–Trinajstić information content (AvgIpc) is 3.11. The molecule has 1 unspecified atom stereocenters. The molecule has 1 aliphatic heterocycles. The second-order valence-electron chi connectivity index (χ2n) is 6.72. The first kappa shape index (κ1) is 22.3. The summed E-state index contributed by atoms with van der Waals surface area (Å²) in [5.74, 6) is 1.28. The number of amides is 1. The summed E-state index contributed by atoms with van der Waals surface area (Å²) in [7, 11) is 3.46. The Labute approximate surface area is 182 Å². The Balaban J connectivity index is 0.00000280. The van der Waals surface area contributed by atoms with Crippen molar-refractivity contribution in [3.63, 3.8) is 0 Å². The molecule has 1 saturated heterocycles. The predicted molar refractivity (Wildman–Crippen MR) is 118 cm³/mol. The number of nitrogens with zero attached hydrogens (tertiary/aromatic N) is 5. The quantitative estimate of drug-likeness (QED) is 0.349. The first-order valence-electron chi connectivity index (χ1n) is 9.26. The van der Waals surface area contributed by atoms with E-state index in [1.54, 1.807) is 19.0 Å². The van der Waals surface area contributed by atoms with Gasteiger partial charge in [0, 0.05) is 33.4 Å². The van der Waals surface area contributed by atoms with Gasteiger partial charge in [-0.3, -0.25) is 9.20 Å². The van der Waals surface area contributed by atoms with Gasteiger partial charge >= 0.3 is 0 Å². The number of halogens is 1. The van der Waals surface area contributed by atoms with E-state index in [9.17, 15) is 4.79 Å². The van der Waals surface area contributed by atoms with E-state index >= 15 is 0 Å². The van der Waals surface area contributed by atoms with E-state index in [-0.39, 0.29) is 42.5 Å². The van der Waals surface area contributed by atoms with Crippen molar-refractivity contribution in [3.05, 3.63) is 30.2 Å². The maximum absolute atomic E-state index is 11.9. The van der Waals surface area contributed by atoms with E-state index in [2.05, 4.69) is 25.8 Å². The molecule has 9 nitrogen and oxygen atoms in total. The minimum Gasteiger partial charge on any atom is -0.376 e. The fraction of sp³-hybridized carbons (Fsp3) is 0.556. The largest absolute Gasteiger partial charge is 0.376 e. The summed E-state index contributed by atoms with van der Waals surface area (Å²) in [6.45, 7) is 1.98. The van der Waals surface area contributed by atoms with Gasteiger partial charge in [0.25, 0.3) is 0 Å². The van der Waals surface area contributed by atoms with Gasteiger partial charge in [0.15, 0.2) is 17.4 Å². The van der Waals surface area contributed by atoms with Crippen molar-refractivity contribution in [3.8, 4) is 0 Å². The molecule has 28 heavy (non-hydrogen) atoms. The summed E-state index contributed by atoms with van der Waals surface area (Å²) in [4.78, 5) is 18.0. The van der Waals surface area contributed by atoms with Crippen molar-refractivity contribution in [2.75, 3.05) is 33.8 Å². The van der Waals surface area contributed by atoms with E-state index in [1.807, 2.05) is 28.8 Å². The molecule has 3 rings (SSSR count). The molecule has 3 heterocycles. The summed E-state index contributed by atoms with van der Waals surface area (Å²) in [5.41, 5.74) is 0.781. The molecule has 1 atom stereocenters. The number of pyridine rings is 1. The Bertz CT molecular complexity index is 787. The highest BCUT2D eigenvalue weighted by atomic mass is 127. The smallest absolute Gasteiger partial charge is 0.241 e. The van der Waals surface area contributed by atoms with Crippen molar-refractivity contribution in [1.82, 2.24) is 30.1 Å². The van der Waals surface area contributed by atoms with E-state index in [0.717, 1.165) is 30.9 Å². The van der Waals surface area contributed by atoms with Gasteiger partial charge in [-0.2, -0.15) is 0 Å².